The fraction of sp³-hybridized carbons (Fsp3) is 0.714. The van der Waals surface area contributed by atoms with Crippen LogP contribution in [0.5, 0.6) is 0 Å². The second-order valence-electron chi connectivity index (χ2n) is 1.90. The lowest BCUT2D eigenvalue weighted by molar-refractivity contribution is 0.0916. The topological polar surface area (TPSA) is 67.8 Å². The number of nitrogens with one attached hydrogen (secondary N) is 1. The van der Waals surface area contributed by atoms with Crippen molar-refractivity contribution in [1.29, 1.82) is 0 Å². The van der Waals surface area contributed by atoms with E-state index in [-0.39, 0.29) is 19.8 Å². The molecule has 12 heavy (non-hydrogen) atoms. The van der Waals surface area contributed by atoms with Gasteiger partial charge in [0.2, 0.25) is 0 Å². The average molecular weight is 176 g/mol. The van der Waals surface area contributed by atoms with E-state index in [4.69, 9.17) is 9.84 Å². The molecule has 0 saturated heterocycles. The van der Waals surface area contributed by atoms with E-state index in [1.807, 2.05) is 0 Å². The minimum atomic E-state index is -0.502. The lowest BCUT2D eigenvalue weighted by Crippen LogP contribution is -2.28. The van der Waals surface area contributed by atoms with Crippen molar-refractivity contribution in [1.82, 2.24) is 5.32 Å². The van der Waals surface area contributed by atoms with Crippen LogP contribution in [0.15, 0.2) is 0 Å². The Labute approximate surface area is 71.7 Å². The molecule has 5 nitrogen and oxygen atoms in total. The Kier molecular flexibility index (Phi) is 7.73. The van der Waals surface area contributed by atoms with Crippen molar-refractivity contribution in [2.45, 2.75) is 0 Å². The van der Waals surface area contributed by atoms with Gasteiger partial charge in [-0.2, -0.15) is 0 Å². The maximum absolute atomic E-state index is 10.6. The van der Waals surface area contributed by atoms with Crippen molar-refractivity contribution in [3.63, 3.8) is 0 Å². The Balaban J connectivity index is 3.03. The molecule has 0 heterocycles. The fourth-order valence-corrected chi connectivity index (χ4v) is 0.536. The van der Waals surface area contributed by atoms with Crippen LogP contribution in [0.3, 0.4) is 0 Å². The van der Waals surface area contributed by atoms with Gasteiger partial charge in [-0.15, -0.1) is 0 Å². The van der Waals surface area contributed by atoms with Crippen molar-refractivity contribution in [3.8, 4) is 0 Å². The van der Waals surface area contributed by atoms with Crippen molar-refractivity contribution in [2.24, 2.45) is 0 Å². The molecule has 2 N–H and O–H groups in total. The van der Waals surface area contributed by atoms with E-state index >= 15 is 0 Å². The van der Waals surface area contributed by atoms with Crippen LogP contribution in [0.4, 0.5) is 4.79 Å². The maximum Gasteiger partial charge on any atom is 0.407 e. The summed E-state index contributed by atoms with van der Waals surface area (Å²) in [4.78, 5) is 10.6. The molecule has 0 rings (SSSR count). The fourth-order valence-electron chi connectivity index (χ4n) is 0.536. The van der Waals surface area contributed by atoms with E-state index in [0.717, 1.165) is 0 Å². The molecule has 0 aliphatic carbocycles. The summed E-state index contributed by atoms with van der Waals surface area (Å²) in [5.74, 6) is 0. The predicted octanol–water partition coefficient (Wildman–Crippen LogP) is -0.444. The van der Waals surface area contributed by atoms with Gasteiger partial charge in [0.15, 0.2) is 0 Å². The van der Waals surface area contributed by atoms with Gasteiger partial charge in [-0.1, -0.05) is 0 Å². The third kappa shape index (κ3) is 7.30. The second-order valence-corrected chi connectivity index (χ2v) is 1.90. The third-order valence-corrected chi connectivity index (χ3v) is 0.985. The minimum absolute atomic E-state index is 0.0106. The van der Waals surface area contributed by atoms with Crippen LogP contribution in [0.1, 0.15) is 0 Å². The van der Waals surface area contributed by atoms with E-state index in [2.05, 4.69) is 17.0 Å². The molecule has 0 atom stereocenters. The zero-order chi connectivity index (χ0) is 9.23. The largest absolute Gasteiger partial charge is 0.450 e. The van der Waals surface area contributed by atoms with Gasteiger partial charge >= 0.3 is 6.09 Å². The second kappa shape index (κ2) is 8.29. The number of carbonyl (C=O) groups excluding carboxylic acids is 1. The van der Waals surface area contributed by atoms with Crippen LogP contribution < -0.4 is 5.32 Å². The number of amides is 1. The van der Waals surface area contributed by atoms with Crippen molar-refractivity contribution < 1.29 is 19.4 Å². The highest BCUT2D eigenvalue weighted by Crippen LogP contribution is 1.76. The number of carbonyl (C=O) groups is 1. The molecule has 1 radical (unpaired) electrons. The SMILES string of the molecule is [CH2]COC(=O)NCCOCCO. The average Bonchev–Trinajstić information content (AvgIpc) is 2.05. The molecule has 71 valence electrons. The highest BCUT2D eigenvalue weighted by atomic mass is 16.5. The van der Waals surface area contributed by atoms with E-state index in [1.165, 1.54) is 0 Å². The summed E-state index contributed by atoms with van der Waals surface area (Å²) in [6.07, 6.45) is -0.502. The van der Waals surface area contributed by atoms with Gasteiger partial charge in [0.05, 0.1) is 26.4 Å². The summed E-state index contributed by atoms with van der Waals surface area (Å²) in [5.41, 5.74) is 0. The molecule has 0 aromatic heterocycles. The Morgan fingerprint density at radius 3 is 2.83 bits per heavy atom. The first-order chi connectivity index (χ1) is 5.81. The molecule has 0 fully saturated rings. The van der Waals surface area contributed by atoms with Crippen molar-refractivity contribution in [2.75, 3.05) is 33.0 Å². The number of aliphatic hydroxyl groups excluding tert-OH is 1. The van der Waals surface area contributed by atoms with Gasteiger partial charge in [0.25, 0.3) is 0 Å². The summed E-state index contributed by atoms with van der Waals surface area (Å²) in [6.45, 7) is 4.47. The number of hydrogen-bond donors (Lipinski definition) is 2. The highest BCUT2D eigenvalue weighted by Gasteiger charge is 1.97. The van der Waals surface area contributed by atoms with Gasteiger partial charge in [-0.05, 0) is 6.92 Å². The predicted molar refractivity (Wildman–Crippen MR) is 42.6 cm³/mol. The van der Waals surface area contributed by atoms with Gasteiger partial charge in [-0.25, -0.2) is 4.79 Å². The van der Waals surface area contributed by atoms with E-state index in [1.54, 1.807) is 0 Å². The highest BCUT2D eigenvalue weighted by molar-refractivity contribution is 5.67. The standard InChI is InChI=1S/C7H14NO4/c1-2-12-7(10)8-3-5-11-6-4-9/h9H,1-6H2,(H,8,10). The van der Waals surface area contributed by atoms with Gasteiger partial charge < -0.3 is 19.9 Å². The summed E-state index contributed by atoms with van der Waals surface area (Å²) >= 11 is 0. The first kappa shape index (κ1) is 11.2. The molecule has 1 amide bonds. The molecule has 0 aliphatic heterocycles. The normalized spacial score (nSPS) is 9.50. The van der Waals surface area contributed by atoms with Crippen molar-refractivity contribution >= 4 is 6.09 Å². The third-order valence-electron chi connectivity index (χ3n) is 0.985. The maximum atomic E-state index is 10.6. The monoisotopic (exact) mass is 176 g/mol. The first-order valence-corrected chi connectivity index (χ1v) is 3.69. The van der Waals surface area contributed by atoms with Crippen LogP contribution in [0.25, 0.3) is 0 Å². The molecule has 0 saturated carbocycles. The summed E-state index contributed by atoms with van der Waals surface area (Å²) in [5, 5.41) is 10.7. The van der Waals surface area contributed by atoms with Crippen LogP contribution in [0, 0.1) is 6.92 Å². The number of alkyl carbamates (subject to hydrolysis) is 1. The molecule has 5 heteroatoms. The minimum Gasteiger partial charge on any atom is -0.450 e. The van der Waals surface area contributed by atoms with E-state index in [0.29, 0.717) is 13.2 Å². The van der Waals surface area contributed by atoms with Gasteiger partial charge in [0, 0.05) is 6.54 Å². The number of hydrogen-bond acceptors (Lipinski definition) is 4. The molecular formula is C7H14NO4. The molecule has 0 aliphatic rings. The zero-order valence-electron chi connectivity index (χ0n) is 6.91. The summed E-state index contributed by atoms with van der Waals surface area (Å²) in [6, 6.07) is 0. The van der Waals surface area contributed by atoms with Crippen LogP contribution in [0.2, 0.25) is 0 Å². The van der Waals surface area contributed by atoms with Gasteiger partial charge in [-0.3, -0.25) is 0 Å². The Morgan fingerprint density at radius 2 is 2.25 bits per heavy atom. The number of aliphatic hydroxyl groups is 1. The summed E-state index contributed by atoms with van der Waals surface area (Å²) in [7, 11) is 0. The Hall–Kier alpha value is -0.810. The van der Waals surface area contributed by atoms with E-state index in [9.17, 15) is 4.79 Å². The van der Waals surface area contributed by atoms with Crippen LogP contribution in [-0.2, 0) is 9.47 Å². The smallest absolute Gasteiger partial charge is 0.407 e. The van der Waals surface area contributed by atoms with Crippen LogP contribution >= 0.6 is 0 Å². The number of ether oxygens (including phenoxy) is 2. The molecule has 0 bridgehead atoms. The van der Waals surface area contributed by atoms with E-state index < -0.39 is 6.09 Å². The van der Waals surface area contributed by atoms with Gasteiger partial charge in [0.1, 0.15) is 0 Å². The molecule has 0 aromatic carbocycles. The molecule has 0 spiro atoms. The zero-order valence-corrected chi connectivity index (χ0v) is 6.91. The Bertz CT molecular complexity index is 118. The number of rotatable bonds is 6. The Morgan fingerprint density at radius 1 is 1.50 bits per heavy atom. The van der Waals surface area contributed by atoms with Crippen LogP contribution in [-0.4, -0.2) is 44.2 Å². The first-order valence-electron chi connectivity index (χ1n) is 3.69. The quantitative estimate of drug-likeness (QED) is 0.538. The molecular weight excluding hydrogens is 162 g/mol. The van der Waals surface area contributed by atoms with Crippen molar-refractivity contribution in [3.05, 3.63) is 6.92 Å². The lowest BCUT2D eigenvalue weighted by atomic mass is 10.7. The molecule has 0 unspecified atom stereocenters. The lowest BCUT2D eigenvalue weighted by Gasteiger charge is -2.04. The molecule has 0 aromatic rings. The summed E-state index contributed by atoms with van der Waals surface area (Å²) < 4.78 is 9.36.